The van der Waals surface area contributed by atoms with Crippen molar-refractivity contribution in [3.63, 3.8) is 0 Å². The van der Waals surface area contributed by atoms with Crippen LogP contribution in [0.4, 0.5) is 5.69 Å². The number of anilines is 1. The summed E-state index contributed by atoms with van der Waals surface area (Å²) >= 11 is 0. The Morgan fingerprint density at radius 3 is 2.45 bits per heavy atom. The SMILES string of the molecule is CCC(C)NC(=O)CN1CCN(c2ccc(C#N)cc2)CC1. The minimum absolute atomic E-state index is 0.112. The van der Waals surface area contributed by atoms with Crippen molar-refractivity contribution in [1.82, 2.24) is 10.2 Å². The lowest BCUT2D eigenvalue weighted by Crippen LogP contribution is -2.50. The predicted octanol–water partition coefficient (Wildman–Crippen LogP) is 1.59. The molecule has 0 spiro atoms. The average Bonchev–Trinajstić information content (AvgIpc) is 2.55. The zero-order chi connectivity index (χ0) is 15.9. The molecule has 1 aliphatic heterocycles. The standard InChI is InChI=1S/C17H24N4O/c1-3-14(2)19-17(22)13-20-8-10-21(11-9-20)16-6-4-15(12-18)5-7-16/h4-7,14H,3,8-11,13H2,1-2H3,(H,19,22). The molecule has 1 atom stereocenters. The average molecular weight is 300 g/mol. The van der Waals surface area contributed by atoms with Gasteiger partial charge >= 0.3 is 0 Å². The van der Waals surface area contributed by atoms with E-state index in [2.05, 4.69) is 28.1 Å². The van der Waals surface area contributed by atoms with Gasteiger partial charge in [-0.3, -0.25) is 9.69 Å². The van der Waals surface area contributed by atoms with Gasteiger partial charge in [0.05, 0.1) is 18.2 Å². The van der Waals surface area contributed by atoms with E-state index in [1.165, 1.54) is 0 Å². The molecular weight excluding hydrogens is 276 g/mol. The number of benzene rings is 1. The van der Waals surface area contributed by atoms with Crippen molar-refractivity contribution in [1.29, 1.82) is 5.26 Å². The molecule has 5 heteroatoms. The second kappa shape index (κ2) is 7.81. The molecule has 0 saturated carbocycles. The molecule has 118 valence electrons. The molecule has 22 heavy (non-hydrogen) atoms. The van der Waals surface area contributed by atoms with Gasteiger partial charge in [0.25, 0.3) is 0 Å². The minimum atomic E-state index is 0.112. The van der Waals surface area contributed by atoms with Crippen molar-refractivity contribution < 1.29 is 4.79 Å². The predicted molar refractivity (Wildman–Crippen MR) is 87.7 cm³/mol. The van der Waals surface area contributed by atoms with E-state index in [9.17, 15) is 4.79 Å². The van der Waals surface area contributed by atoms with Gasteiger partial charge in [-0.1, -0.05) is 6.92 Å². The maximum Gasteiger partial charge on any atom is 0.234 e. The highest BCUT2D eigenvalue weighted by Crippen LogP contribution is 2.17. The van der Waals surface area contributed by atoms with Crippen molar-refractivity contribution in [2.24, 2.45) is 0 Å². The monoisotopic (exact) mass is 300 g/mol. The molecular formula is C17H24N4O. The maximum absolute atomic E-state index is 11.9. The van der Waals surface area contributed by atoms with Crippen molar-refractivity contribution >= 4 is 11.6 Å². The molecule has 1 aromatic carbocycles. The van der Waals surface area contributed by atoms with Gasteiger partial charge in [0.1, 0.15) is 0 Å². The first-order valence-corrected chi connectivity index (χ1v) is 7.89. The third kappa shape index (κ3) is 4.47. The van der Waals surface area contributed by atoms with E-state index in [0.29, 0.717) is 12.1 Å². The molecule has 1 unspecified atom stereocenters. The molecule has 1 aliphatic rings. The second-order valence-corrected chi connectivity index (χ2v) is 5.80. The van der Waals surface area contributed by atoms with E-state index in [-0.39, 0.29) is 11.9 Å². The molecule has 0 aromatic heterocycles. The lowest BCUT2D eigenvalue weighted by molar-refractivity contribution is -0.122. The highest BCUT2D eigenvalue weighted by molar-refractivity contribution is 5.78. The number of nitrogens with zero attached hydrogens (tertiary/aromatic N) is 3. The third-order valence-corrected chi connectivity index (χ3v) is 4.12. The highest BCUT2D eigenvalue weighted by Gasteiger charge is 2.19. The Hall–Kier alpha value is -2.06. The summed E-state index contributed by atoms with van der Waals surface area (Å²) in [5, 5.41) is 11.8. The van der Waals surface area contributed by atoms with Crippen LogP contribution in [0.1, 0.15) is 25.8 Å². The van der Waals surface area contributed by atoms with Crippen LogP contribution in [0.15, 0.2) is 24.3 Å². The third-order valence-electron chi connectivity index (χ3n) is 4.12. The first kappa shape index (κ1) is 16.3. The maximum atomic E-state index is 11.9. The summed E-state index contributed by atoms with van der Waals surface area (Å²) in [5.41, 5.74) is 1.83. The Balaban J connectivity index is 1.80. The molecule has 1 heterocycles. The Morgan fingerprint density at radius 1 is 1.27 bits per heavy atom. The lowest BCUT2D eigenvalue weighted by atomic mass is 10.2. The summed E-state index contributed by atoms with van der Waals surface area (Å²) in [7, 11) is 0. The molecule has 0 radical (unpaired) electrons. The largest absolute Gasteiger partial charge is 0.369 e. The molecule has 1 N–H and O–H groups in total. The number of hydrogen-bond donors (Lipinski definition) is 1. The Kier molecular flexibility index (Phi) is 5.79. The fourth-order valence-corrected chi connectivity index (χ4v) is 2.54. The number of carbonyl (C=O) groups excluding carboxylic acids is 1. The van der Waals surface area contributed by atoms with Gasteiger partial charge in [-0.15, -0.1) is 0 Å². The van der Waals surface area contributed by atoms with Crippen molar-refractivity contribution in [2.45, 2.75) is 26.3 Å². The molecule has 5 nitrogen and oxygen atoms in total. The summed E-state index contributed by atoms with van der Waals surface area (Å²) < 4.78 is 0. The smallest absolute Gasteiger partial charge is 0.234 e. The summed E-state index contributed by atoms with van der Waals surface area (Å²) in [6.07, 6.45) is 0.957. The highest BCUT2D eigenvalue weighted by atomic mass is 16.2. The Labute approximate surface area is 132 Å². The molecule has 0 bridgehead atoms. The van der Waals surface area contributed by atoms with Gasteiger partial charge in [0.15, 0.2) is 0 Å². The molecule has 1 amide bonds. The Bertz CT molecular complexity index is 527. The first-order valence-electron chi connectivity index (χ1n) is 7.89. The number of rotatable bonds is 5. The fraction of sp³-hybridized carbons (Fsp3) is 0.529. The van der Waals surface area contributed by atoms with Crippen LogP contribution < -0.4 is 10.2 Å². The minimum Gasteiger partial charge on any atom is -0.369 e. The molecule has 1 saturated heterocycles. The zero-order valence-electron chi connectivity index (χ0n) is 13.4. The van der Waals surface area contributed by atoms with Crippen LogP contribution in [-0.4, -0.2) is 49.6 Å². The normalized spacial score (nSPS) is 16.9. The van der Waals surface area contributed by atoms with Crippen molar-refractivity contribution in [2.75, 3.05) is 37.6 Å². The molecule has 1 aromatic rings. The van der Waals surface area contributed by atoms with Gasteiger partial charge in [0, 0.05) is 37.9 Å². The van der Waals surface area contributed by atoms with Crippen LogP contribution >= 0.6 is 0 Å². The van der Waals surface area contributed by atoms with Crippen LogP contribution in [0.25, 0.3) is 0 Å². The van der Waals surface area contributed by atoms with E-state index in [1.54, 1.807) is 0 Å². The summed E-state index contributed by atoms with van der Waals surface area (Å²) in [6.45, 7) is 8.15. The zero-order valence-corrected chi connectivity index (χ0v) is 13.4. The fourth-order valence-electron chi connectivity index (χ4n) is 2.54. The second-order valence-electron chi connectivity index (χ2n) is 5.80. The van der Waals surface area contributed by atoms with Crippen molar-refractivity contribution in [3.8, 4) is 6.07 Å². The first-order chi connectivity index (χ1) is 10.6. The van der Waals surface area contributed by atoms with Crippen LogP contribution in [0, 0.1) is 11.3 Å². The lowest BCUT2D eigenvalue weighted by Gasteiger charge is -2.35. The van der Waals surface area contributed by atoms with Crippen molar-refractivity contribution in [3.05, 3.63) is 29.8 Å². The van der Waals surface area contributed by atoms with Crippen LogP contribution in [0.5, 0.6) is 0 Å². The van der Waals surface area contributed by atoms with Gasteiger partial charge in [-0.25, -0.2) is 0 Å². The van der Waals surface area contributed by atoms with Gasteiger partial charge < -0.3 is 10.2 Å². The summed E-state index contributed by atoms with van der Waals surface area (Å²) in [5.74, 6) is 0.112. The van der Waals surface area contributed by atoms with E-state index >= 15 is 0 Å². The number of nitriles is 1. The van der Waals surface area contributed by atoms with E-state index in [0.717, 1.165) is 38.3 Å². The molecule has 1 fully saturated rings. The quantitative estimate of drug-likeness (QED) is 0.897. The van der Waals surface area contributed by atoms with E-state index in [4.69, 9.17) is 5.26 Å². The Morgan fingerprint density at radius 2 is 1.91 bits per heavy atom. The summed E-state index contributed by atoms with van der Waals surface area (Å²) in [4.78, 5) is 16.4. The van der Waals surface area contributed by atoms with Gasteiger partial charge in [0.2, 0.25) is 5.91 Å². The number of nitrogens with one attached hydrogen (secondary N) is 1. The number of amides is 1. The van der Waals surface area contributed by atoms with Gasteiger partial charge in [-0.05, 0) is 37.6 Å². The molecule has 2 rings (SSSR count). The number of hydrogen-bond acceptors (Lipinski definition) is 4. The topological polar surface area (TPSA) is 59.4 Å². The number of piperazine rings is 1. The molecule has 0 aliphatic carbocycles. The van der Waals surface area contributed by atoms with Crippen LogP contribution in [-0.2, 0) is 4.79 Å². The van der Waals surface area contributed by atoms with E-state index < -0.39 is 0 Å². The van der Waals surface area contributed by atoms with Gasteiger partial charge in [-0.2, -0.15) is 5.26 Å². The van der Waals surface area contributed by atoms with E-state index in [1.807, 2.05) is 31.2 Å². The van der Waals surface area contributed by atoms with Crippen LogP contribution in [0.2, 0.25) is 0 Å². The summed E-state index contributed by atoms with van der Waals surface area (Å²) in [6, 6.07) is 10.1. The van der Waals surface area contributed by atoms with Crippen LogP contribution in [0.3, 0.4) is 0 Å². The number of carbonyl (C=O) groups is 1.